The standard InChI is InChI=1S/C13H9FO3.Al.3H/c14-10-4-1-8(2-5-10)9-3-6-12(15)11(7-9)13(16)17;;;;/h1-7,15H,(H,16,17);;;;. The number of aromatic hydroxyl groups is 1. The monoisotopic (exact) mass is 262 g/mol. The first kappa shape index (κ1) is 14.2. The van der Waals surface area contributed by atoms with Gasteiger partial charge in [-0.05, 0) is 35.4 Å². The number of carboxylic acid groups (broad SMARTS) is 1. The molecule has 0 amide bonds. The molecule has 0 saturated carbocycles. The van der Waals surface area contributed by atoms with Crippen molar-refractivity contribution in [3.63, 3.8) is 0 Å². The Bertz CT molecular complexity index is 567. The van der Waals surface area contributed by atoms with Gasteiger partial charge in [0, 0.05) is 0 Å². The van der Waals surface area contributed by atoms with Crippen LogP contribution in [0.4, 0.5) is 4.39 Å². The average Bonchev–Trinajstić information content (AvgIpc) is 2.30. The van der Waals surface area contributed by atoms with Crippen molar-refractivity contribution >= 4 is 23.3 Å². The normalized spacial score (nSPS) is 9.61. The van der Waals surface area contributed by atoms with Crippen molar-refractivity contribution in [1.29, 1.82) is 0 Å². The summed E-state index contributed by atoms with van der Waals surface area (Å²) in [6, 6.07) is 9.92. The van der Waals surface area contributed by atoms with Crippen LogP contribution in [0.2, 0.25) is 0 Å². The van der Waals surface area contributed by atoms with Gasteiger partial charge >= 0.3 is 5.97 Å². The topological polar surface area (TPSA) is 57.5 Å². The van der Waals surface area contributed by atoms with Gasteiger partial charge in [-0.3, -0.25) is 0 Å². The molecular formula is C13H12AlFO3. The third-order valence-electron chi connectivity index (χ3n) is 2.40. The summed E-state index contributed by atoms with van der Waals surface area (Å²) in [6.45, 7) is 0. The number of benzene rings is 2. The van der Waals surface area contributed by atoms with Gasteiger partial charge < -0.3 is 10.2 Å². The van der Waals surface area contributed by atoms with E-state index in [4.69, 9.17) is 5.11 Å². The molecule has 3 nitrogen and oxygen atoms in total. The molecular weight excluding hydrogens is 250 g/mol. The molecule has 2 N–H and O–H groups in total. The first-order chi connectivity index (χ1) is 8.08. The second-order valence-corrected chi connectivity index (χ2v) is 3.54. The van der Waals surface area contributed by atoms with Gasteiger partial charge in [-0.15, -0.1) is 0 Å². The molecule has 0 aliphatic rings. The molecule has 0 saturated heterocycles. The predicted octanol–water partition coefficient (Wildman–Crippen LogP) is 1.71. The number of halogens is 1. The van der Waals surface area contributed by atoms with Crippen molar-refractivity contribution in [3.8, 4) is 16.9 Å². The third-order valence-corrected chi connectivity index (χ3v) is 2.40. The van der Waals surface area contributed by atoms with E-state index in [0.717, 1.165) is 0 Å². The molecule has 18 heavy (non-hydrogen) atoms. The lowest BCUT2D eigenvalue weighted by atomic mass is 10.0. The fraction of sp³-hybridized carbons (Fsp3) is 0. The summed E-state index contributed by atoms with van der Waals surface area (Å²) in [4.78, 5) is 10.8. The van der Waals surface area contributed by atoms with Gasteiger partial charge in [0.2, 0.25) is 0 Å². The zero-order chi connectivity index (χ0) is 12.4. The van der Waals surface area contributed by atoms with Crippen LogP contribution in [0.25, 0.3) is 11.1 Å². The summed E-state index contributed by atoms with van der Waals surface area (Å²) in [5.41, 5.74) is 1.13. The molecule has 5 heteroatoms. The molecule has 2 rings (SSSR count). The van der Waals surface area contributed by atoms with Crippen LogP contribution in [0.1, 0.15) is 10.4 Å². The minimum Gasteiger partial charge on any atom is -0.507 e. The van der Waals surface area contributed by atoms with Crippen molar-refractivity contribution in [2.75, 3.05) is 0 Å². The lowest BCUT2D eigenvalue weighted by molar-refractivity contribution is 0.0694. The van der Waals surface area contributed by atoms with Crippen molar-refractivity contribution < 1.29 is 19.4 Å². The lowest BCUT2D eigenvalue weighted by Gasteiger charge is -2.04. The molecule has 0 spiro atoms. The zero-order valence-electron chi connectivity index (χ0n) is 8.72. The molecule has 2 aromatic carbocycles. The molecule has 2 aromatic rings. The Hall–Kier alpha value is -1.83. The number of carbonyl (C=O) groups is 1. The van der Waals surface area contributed by atoms with E-state index in [-0.39, 0.29) is 34.5 Å². The number of hydrogen-bond acceptors (Lipinski definition) is 2. The van der Waals surface area contributed by atoms with E-state index < -0.39 is 5.97 Å². The van der Waals surface area contributed by atoms with E-state index in [2.05, 4.69) is 0 Å². The van der Waals surface area contributed by atoms with Crippen molar-refractivity contribution in [3.05, 3.63) is 53.8 Å². The van der Waals surface area contributed by atoms with E-state index in [1.807, 2.05) is 0 Å². The quantitative estimate of drug-likeness (QED) is 0.810. The first-order valence-corrected chi connectivity index (χ1v) is 4.90. The van der Waals surface area contributed by atoms with Crippen LogP contribution in [0.3, 0.4) is 0 Å². The van der Waals surface area contributed by atoms with Crippen molar-refractivity contribution in [1.82, 2.24) is 0 Å². The van der Waals surface area contributed by atoms with Gasteiger partial charge in [0.1, 0.15) is 17.1 Å². The molecule has 0 aromatic heterocycles. The Labute approximate surface area is 114 Å². The van der Waals surface area contributed by atoms with E-state index in [9.17, 15) is 14.3 Å². The summed E-state index contributed by atoms with van der Waals surface area (Å²) >= 11 is 0. The second kappa shape index (κ2) is 5.68. The van der Waals surface area contributed by atoms with E-state index >= 15 is 0 Å². The minimum absolute atomic E-state index is 0. The van der Waals surface area contributed by atoms with Crippen LogP contribution in [-0.4, -0.2) is 33.5 Å². The van der Waals surface area contributed by atoms with Crippen LogP contribution >= 0.6 is 0 Å². The van der Waals surface area contributed by atoms with Gasteiger partial charge in [0.15, 0.2) is 17.4 Å². The van der Waals surface area contributed by atoms with Gasteiger partial charge in [-0.1, -0.05) is 18.2 Å². The number of hydrogen-bond donors (Lipinski definition) is 2. The number of phenols is 1. The maximum atomic E-state index is 12.7. The summed E-state index contributed by atoms with van der Waals surface area (Å²) < 4.78 is 12.7. The fourth-order valence-electron chi connectivity index (χ4n) is 1.53. The van der Waals surface area contributed by atoms with E-state index in [1.165, 1.54) is 24.3 Å². The molecule has 0 bridgehead atoms. The molecule has 0 fully saturated rings. The second-order valence-electron chi connectivity index (χ2n) is 3.54. The Kier molecular flexibility index (Phi) is 4.49. The van der Waals surface area contributed by atoms with E-state index in [0.29, 0.717) is 11.1 Å². The average molecular weight is 262 g/mol. The zero-order valence-corrected chi connectivity index (χ0v) is 8.72. The van der Waals surface area contributed by atoms with Crippen LogP contribution in [0.5, 0.6) is 5.75 Å². The van der Waals surface area contributed by atoms with Crippen LogP contribution in [0.15, 0.2) is 42.5 Å². The highest BCUT2D eigenvalue weighted by Gasteiger charge is 2.10. The summed E-state index contributed by atoms with van der Waals surface area (Å²) in [7, 11) is 0. The Balaban J connectivity index is 0.00000162. The van der Waals surface area contributed by atoms with Crippen LogP contribution in [0, 0.1) is 5.82 Å². The molecule has 0 unspecified atom stereocenters. The molecule has 92 valence electrons. The smallest absolute Gasteiger partial charge is 0.339 e. The molecule has 0 atom stereocenters. The third kappa shape index (κ3) is 2.89. The van der Waals surface area contributed by atoms with Crippen molar-refractivity contribution in [2.24, 2.45) is 0 Å². The predicted molar refractivity (Wildman–Crippen MR) is 70.4 cm³/mol. The van der Waals surface area contributed by atoms with Gasteiger partial charge in [0.25, 0.3) is 0 Å². The van der Waals surface area contributed by atoms with Crippen molar-refractivity contribution in [2.45, 2.75) is 0 Å². The summed E-state index contributed by atoms with van der Waals surface area (Å²) in [6.07, 6.45) is 0. The van der Waals surface area contributed by atoms with E-state index in [1.54, 1.807) is 18.2 Å². The largest absolute Gasteiger partial charge is 0.507 e. The maximum absolute atomic E-state index is 12.7. The van der Waals surface area contributed by atoms with Crippen LogP contribution < -0.4 is 0 Å². The highest BCUT2D eigenvalue weighted by Crippen LogP contribution is 2.26. The van der Waals surface area contributed by atoms with Crippen LogP contribution in [-0.2, 0) is 0 Å². The van der Waals surface area contributed by atoms with Gasteiger partial charge in [-0.2, -0.15) is 0 Å². The van der Waals surface area contributed by atoms with Gasteiger partial charge in [0.05, 0.1) is 0 Å². The fourth-order valence-corrected chi connectivity index (χ4v) is 1.53. The summed E-state index contributed by atoms with van der Waals surface area (Å²) in [5, 5.41) is 18.2. The lowest BCUT2D eigenvalue weighted by Crippen LogP contribution is -1.96. The highest BCUT2D eigenvalue weighted by molar-refractivity contribution is 5.92. The molecule has 0 radical (unpaired) electrons. The Morgan fingerprint density at radius 1 is 1.00 bits per heavy atom. The highest BCUT2D eigenvalue weighted by atomic mass is 27.0. The minimum atomic E-state index is -1.20. The molecule has 0 heterocycles. The molecule has 0 aliphatic heterocycles. The number of aromatic carboxylic acids is 1. The SMILES string of the molecule is O=C(O)c1cc(-c2ccc(F)cc2)ccc1O.[AlH3]. The first-order valence-electron chi connectivity index (χ1n) is 4.90. The summed E-state index contributed by atoms with van der Waals surface area (Å²) in [5.74, 6) is -1.85. The Morgan fingerprint density at radius 2 is 1.56 bits per heavy atom. The molecule has 0 aliphatic carbocycles. The number of carboxylic acids is 1. The van der Waals surface area contributed by atoms with Gasteiger partial charge in [-0.25, -0.2) is 9.18 Å². The number of rotatable bonds is 2. The maximum Gasteiger partial charge on any atom is 0.339 e. The Morgan fingerprint density at radius 3 is 2.11 bits per heavy atom.